The molecule has 0 bridgehead atoms. The van der Waals surface area contributed by atoms with Crippen molar-refractivity contribution in [3.05, 3.63) is 58.9 Å². The predicted molar refractivity (Wildman–Crippen MR) is 130 cm³/mol. The minimum Gasteiger partial charge on any atom is -0.475 e. The zero-order valence-corrected chi connectivity index (χ0v) is 20.3. The molecule has 2 aliphatic carbocycles. The minimum atomic E-state index is -0.630. The maximum atomic E-state index is 15.2. The molecule has 0 N–H and O–H groups in total. The molecular weight excluding hydrogens is 435 g/mol. The lowest BCUT2D eigenvalue weighted by molar-refractivity contribution is 0.116. The summed E-state index contributed by atoms with van der Waals surface area (Å²) in [7, 11) is 0. The first-order chi connectivity index (χ1) is 16.2. The van der Waals surface area contributed by atoms with E-state index in [9.17, 15) is 4.39 Å². The molecule has 3 aliphatic rings. The number of benzene rings is 2. The molecule has 0 saturated heterocycles. The Morgan fingerprint density at radius 1 is 0.912 bits per heavy atom. The van der Waals surface area contributed by atoms with Gasteiger partial charge in [0.05, 0.1) is 16.7 Å². The molecule has 0 spiro atoms. The van der Waals surface area contributed by atoms with Gasteiger partial charge in [0.2, 0.25) is 5.90 Å². The van der Waals surface area contributed by atoms with Crippen LogP contribution in [0.5, 0.6) is 0 Å². The van der Waals surface area contributed by atoms with Gasteiger partial charge in [0, 0.05) is 0 Å². The molecule has 1 unspecified atom stereocenters. The number of rotatable bonds is 4. The van der Waals surface area contributed by atoms with Gasteiger partial charge in [-0.15, -0.1) is 0 Å². The Morgan fingerprint density at radius 3 is 2.26 bits per heavy atom. The lowest BCUT2D eigenvalue weighted by atomic mass is 9.63. The van der Waals surface area contributed by atoms with Gasteiger partial charge in [-0.2, -0.15) is 0 Å². The quantitative estimate of drug-likeness (QED) is 0.444. The van der Waals surface area contributed by atoms with E-state index in [0.717, 1.165) is 36.7 Å². The highest BCUT2D eigenvalue weighted by molar-refractivity contribution is 5.96. The zero-order valence-electron chi connectivity index (χ0n) is 20.3. The first kappa shape index (κ1) is 23.4. The van der Waals surface area contributed by atoms with Gasteiger partial charge in [-0.05, 0) is 105 Å². The average Bonchev–Trinajstić information content (AvgIpc) is 3.17. The summed E-state index contributed by atoms with van der Waals surface area (Å²) in [5, 5.41) is 0. The molecule has 2 fully saturated rings. The van der Waals surface area contributed by atoms with Crippen molar-refractivity contribution in [3.8, 4) is 11.1 Å². The summed E-state index contributed by atoms with van der Waals surface area (Å²) in [5.41, 5.74) is 0.538. The fraction of sp³-hybridized carbons (Fsp3) is 0.552. The van der Waals surface area contributed by atoms with Crippen LogP contribution in [0.25, 0.3) is 11.1 Å². The Morgan fingerprint density at radius 2 is 1.62 bits per heavy atom. The molecule has 1 aliphatic heterocycles. The zero-order chi connectivity index (χ0) is 24.0. The van der Waals surface area contributed by atoms with Gasteiger partial charge in [-0.3, -0.25) is 0 Å². The standard InChI is InChI=1S/C29H34F3NO/c1-4-17-5-6-19-12-20(8-7-18(19)11-17)22-14-25(31)27(26(32)15-22)21-9-10-23(24(30)13-21)28-33-29(2,3)16-34-28/h9-10,13-15,17-20H,4-8,11-12,16H2,1-3H3/t17?,18-,19-,20-/m1/s1. The van der Waals surface area contributed by atoms with E-state index in [-0.39, 0.29) is 28.5 Å². The third-order valence-corrected chi connectivity index (χ3v) is 8.29. The Hall–Kier alpha value is -2.30. The molecular formula is C29H34F3NO. The van der Waals surface area contributed by atoms with Crippen LogP contribution in [0.3, 0.4) is 0 Å². The lowest BCUT2D eigenvalue weighted by Gasteiger charge is -2.42. The Bertz CT molecular complexity index is 1090. The fourth-order valence-corrected chi connectivity index (χ4v) is 6.33. The van der Waals surface area contributed by atoms with Crippen molar-refractivity contribution in [2.24, 2.45) is 22.7 Å². The van der Waals surface area contributed by atoms with Crippen LogP contribution in [0.4, 0.5) is 13.2 Å². The molecule has 1 heterocycles. The summed E-state index contributed by atoms with van der Waals surface area (Å²) < 4.78 is 50.8. The molecule has 0 aromatic heterocycles. The molecule has 2 aromatic carbocycles. The monoisotopic (exact) mass is 469 g/mol. The Labute approximate surface area is 200 Å². The molecule has 0 radical (unpaired) electrons. The van der Waals surface area contributed by atoms with Crippen LogP contribution in [-0.2, 0) is 4.74 Å². The normalized spacial score (nSPS) is 28.2. The summed E-state index contributed by atoms with van der Waals surface area (Å²) >= 11 is 0. The van der Waals surface area contributed by atoms with Crippen LogP contribution in [0.1, 0.15) is 82.8 Å². The number of hydrogen-bond donors (Lipinski definition) is 0. The Balaban J connectivity index is 1.37. The summed E-state index contributed by atoms with van der Waals surface area (Å²) in [6.07, 6.45) is 8.23. The van der Waals surface area contributed by atoms with Crippen LogP contribution in [0, 0.1) is 35.2 Å². The first-order valence-electron chi connectivity index (χ1n) is 12.8. The van der Waals surface area contributed by atoms with E-state index in [1.54, 1.807) is 0 Å². The summed E-state index contributed by atoms with van der Waals surface area (Å²) in [5.74, 6) is 0.843. The van der Waals surface area contributed by atoms with Crippen molar-refractivity contribution in [3.63, 3.8) is 0 Å². The van der Waals surface area contributed by atoms with Gasteiger partial charge in [0.25, 0.3) is 0 Å². The smallest absolute Gasteiger partial charge is 0.219 e. The molecule has 5 heteroatoms. The summed E-state index contributed by atoms with van der Waals surface area (Å²) in [6.45, 7) is 6.46. The van der Waals surface area contributed by atoms with E-state index in [0.29, 0.717) is 12.5 Å². The molecule has 182 valence electrons. The van der Waals surface area contributed by atoms with E-state index in [1.807, 2.05) is 13.8 Å². The maximum absolute atomic E-state index is 15.2. The SMILES string of the molecule is CCC1CC[C@@H]2C[C@H](c3cc(F)c(-c4ccc(C5=NC(C)(C)CO5)c(F)c4)c(F)c3)CC[C@@H]2C1. The highest BCUT2D eigenvalue weighted by atomic mass is 19.1. The average molecular weight is 470 g/mol. The molecule has 0 amide bonds. The lowest BCUT2D eigenvalue weighted by Crippen LogP contribution is -2.30. The van der Waals surface area contributed by atoms with Crippen molar-refractivity contribution >= 4 is 5.90 Å². The van der Waals surface area contributed by atoms with Gasteiger partial charge < -0.3 is 4.74 Å². The highest BCUT2D eigenvalue weighted by Gasteiger charge is 2.36. The van der Waals surface area contributed by atoms with Gasteiger partial charge in [0.15, 0.2) is 0 Å². The van der Waals surface area contributed by atoms with Crippen LogP contribution in [0.2, 0.25) is 0 Å². The third kappa shape index (κ3) is 4.50. The molecule has 2 saturated carbocycles. The number of fused-ring (bicyclic) bond motifs is 1. The van der Waals surface area contributed by atoms with Gasteiger partial charge in [0.1, 0.15) is 24.1 Å². The minimum absolute atomic E-state index is 0.180. The van der Waals surface area contributed by atoms with Crippen LogP contribution >= 0.6 is 0 Å². The van der Waals surface area contributed by atoms with E-state index >= 15 is 8.78 Å². The fourth-order valence-electron chi connectivity index (χ4n) is 6.33. The van der Waals surface area contributed by atoms with Gasteiger partial charge in [-0.1, -0.05) is 25.8 Å². The third-order valence-electron chi connectivity index (χ3n) is 8.29. The van der Waals surface area contributed by atoms with Crippen molar-refractivity contribution in [2.75, 3.05) is 6.61 Å². The van der Waals surface area contributed by atoms with E-state index in [1.165, 1.54) is 56.0 Å². The first-order valence-corrected chi connectivity index (χ1v) is 12.8. The number of hydrogen-bond acceptors (Lipinski definition) is 2. The number of aliphatic imine (C=N–C) groups is 1. The second kappa shape index (κ2) is 9.05. The van der Waals surface area contributed by atoms with Gasteiger partial charge in [-0.25, -0.2) is 18.2 Å². The second-order valence-electron chi connectivity index (χ2n) is 11.2. The summed E-state index contributed by atoms with van der Waals surface area (Å²) in [6, 6.07) is 7.14. The van der Waals surface area contributed by atoms with Crippen LogP contribution in [-0.4, -0.2) is 18.0 Å². The highest BCUT2D eigenvalue weighted by Crippen LogP contribution is 2.48. The molecule has 2 nitrogen and oxygen atoms in total. The predicted octanol–water partition coefficient (Wildman–Crippen LogP) is 8.04. The van der Waals surface area contributed by atoms with Crippen molar-refractivity contribution < 1.29 is 17.9 Å². The number of halogens is 3. The molecule has 2 aromatic rings. The van der Waals surface area contributed by atoms with Crippen LogP contribution in [0.15, 0.2) is 35.3 Å². The topological polar surface area (TPSA) is 21.6 Å². The van der Waals surface area contributed by atoms with E-state index < -0.39 is 23.0 Å². The maximum Gasteiger partial charge on any atom is 0.219 e. The van der Waals surface area contributed by atoms with E-state index in [4.69, 9.17) is 4.74 Å². The molecule has 4 atom stereocenters. The van der Waals surface area contributed by atoms with Crippen LogP contribution < -0.4 is 0 Å². The van der Waals surface area contributed by atoms with Gasteiger partial charge >= 0.3 is 0 Å². The largest absolute Gasteiger partial charge is 0.475 e. The van der Waals surface area contributed by atoms with Crippen molar-refractivity contribution in [2.45, 2.75) is 77.2 Å². The second-order valence-corrected chi connectivity index (χ2v) is 11.2. The molecule has 34 heavy (non-hydrogen) atoms. The van der Waals surface area contributed by atoms with Crippen molar-refractivity contribution in [1.82, 2.24) is 0 Å². The van der Waals surface area contributed by atoms with Crippen molar-refractivity contribution in [1.29, 1.82) is 0 Å². The summed E-state index contributed by atoms with van der Waals surface area (Å²) in [4.78, 5) is 4.40. The number of nitrogens with zero attached hydrogens (tertiary/aromatic N) is 1. The Kier molecular flexibility index (Phi) is 6.24. The van der Waals surface area contributed by atoms with E-state index in [2.05, 4.69) is 11.9 Å². The molecule has 5 rings (SSSR count). The number of ether oxygens (including phenoxy) is 1.